The topological polar surface area (TPSA) is 105 Å². The molecule has 0 bridgehead atoms. The summed E-state index contributed by atoms with van der Waals surface area (Å²) >= 11 is 6.76. The number of ether oxygens (including phenoxy) is 2. The van der Waals surface area contributed by atoms with E-state index >= 15 is 0 Å². The molecular weight excluding hydrogens is 524 g/mol. The maximum absolute atomic E-state index is 12.8. The summed E-state index contributed by atoms with van der Waals surface area (Å²) in [5, 5.41) is 10.3. The van der Waals surface area contributed by atoms with Crippen LogP contribution in [0.25, 0.3) is 6.08 Å². The van der Waals surface area contributed by atoms with Crippen molar-refractivity contribution >= 4 is 61.4 Å². The van der Waals surface area contributed by atoms with Crippen molar-refractivity contribution in [1.82, 2.24) is 5.43 Å². The van der Waals surface area contributed by atoms with Gasteiger partial charge in [-0.3, -0.25) is 15.0 Å². The molecule has 10 heteroatoms. The number of rotatable bonds is 6. The number of amides is 2. The van der Waals surface area contributed by atoms with Gasteiger partial charge in [-0.25, -0.2) is 9.80 Å². The van der Waals surface area contributed by atoms with Crippen molar-refractivity contribution in [2.75, 3.05) is 12.1 Å². The van der Waals surface area contributed by atoms with Crippen LogP contribution in [0.4, 0.5) is 5.69 Å². The Kier molecular flexibility index (Phi) is 6.47. The number of hydrogen-bond acceptors (Lipinski definition) is 5. The van der Waals surface area contributed by atoms with Gasteiger partial charge in [-0.05, 0) is 68.6 Å². The zero-order valence-corrected chi connectivity index (χ0v) is 19.0. The smallest absolute Gasteiger partial charge is 0.344 e. The minimum Gasteiger partial charge on any atom is -0.493 e. The van der Waals surface area contributed by atoms with Crippen molar-refractivity contribution in [3.63, 3.8) is 0 Å². The maximum Gasteiger partial charge on any atom is 0.344 e. The summed E-state index contributed by atoms with van der Waals surface area (Å²) in [6.45, 7) is 1.39. The van der Waals surface area contributed by atoms with Crippen molar-refractivity contribution in [3.05, 3.63) is 56.5 Å². The van der Waals surface area contributed by atoms with Gasteiger partial charge in [-0.2, -0.15) is 0 Å². The first-order chi connectivity index (χ1) is 14.2. The van der Waals surface area contributed by atoms with Gasteiger partial charge in [-0.1, -0.05) is 18.2 Å². The molecule has 1 aliphatic heterocycles. The Labute approximate surface area is 188 Å². The van der Waals surface area contributed by atoms with Crippen molar-refractivity contribution in [2.45, 2.75) is 13.0 Å². The van der Waals surface area contributed by atoms with Crippen molar-refractivity contribution in [1.29, 1.82) is 0 Å². The first-order valence-corrected chi connectivity index (χ1v) is 10.2. The molecular formula is C20H16Br2N2O6. The number of methoxy groups -OCH3 is 1. The lowest BCUT2D eigenvalue weighted by Crippen LogP contribution is -2.35. The molecule has 1 heterocycles. The summed E-state index contributed by atoms with van der Waals surface area (Å²) in [6, 6.07) is 10.3. The fourth-order valence-electron chi connectivity index (χ4n) is 2.67. The van der Waals surface area contributed by atoms with Gasteiger partial charge >= 0.3 is 5.97 Å². The molecule has 2 amide bonds. The summed E-state index contributed by atoms with van der Waals surface area (Å²) in [5.74, 6) is -1.79. The van der Waals surface area contributed by atoms with E-state index in [2.05, 4.69) is 37.3 Å². The largest absolute Gasteiger partial charge is 0.493 e. The summed E-state index contributed by atoms with van der Waals surface area (Å²) in [4.78, 5) is 36.3. The van der Waals surface area contributed by atoms with Crippen molar-refractivity contribution < 1.29 is 29.0 Å². The minimum absolute atomic E-state index is 0.0684. The molecule has 2 N–H and O–H groups in total. The molecule has 1 atom stereocenters. The van der Waals surface area contributed by atoms with E-state index < -0.39 is 23.9 Å². The second-order valence-corrected chi connectivity index (χ2v) is 7.78. The second kappa shape index (κ2) is 8.88. The molecule has 2 aromatic rings. The number of para-hydroxylation sites is 1. The Balaban J connectivity index is 2.01. The van der Waals surface area contributed by atoms with Crippen molar-refractivity contribution in [2.24, 2.45) is 0 Å². The third kappa shape index (κ3) is 4.19. The third-order valence-electron chi connectivity index (χ3n) is 4.22. The van der Waals surface area contributed by atoms with Crippen LogP contribution in [0, 0.1) is 0 Å². The number of nitrogens with one attached hydrogen (secondary N) is 1. The van der Waals surface area contributed by atoms with Crippen LogP contribution in [0.2, 0.25) is 0 Å². The maximum atomic E-state index is 12.8. The third-order valence-corrected chi connectivity index (χ3v) is 6.37. The van der Waals surface area contributed by atoms with E-state index in [4.69, 9.17) is 14.6 Å². The summed E-state index contributed by atoms with van der Waals surface area (Å²) in [5.41, 5.74) is 3.45. The summed E-state index contributed by atoms with van der Waals surface area (Å²) in [6.07, 6.45) is 0.301. The van der Waals surface area contributed by atoms with Crippen LogP contribution in [-0.2, 0) is 14.4 Å². The SMILES string of the molecule is COc1cc(/C=C2/C(=O)NN(c3ccccc3)C2=O)c(Br)c(Br)c1O[C@H](C)C(=O)O. The highest BCUT2D eigenvalue weighted by molar-refractivity contribution is 9.13. The molecule has 8 nitrogen and oxygen atoms in total. The first-order valence-electron chi connectivity index (χ1n) is 8.62. The van der Waals surface area contributed by atoms with Crippen LogP contribution in [0.15, 0.2) is 50.9 Å². The van der Waals surface area contributed by atoms with E-state index in [0.29, 0.717) is 20.2 Å². The van der Waals surface area contributed by atoms with Gasteiger partial charge in [0, 0.05) is 4.47 Å². The Morgan fingerprint density at radius 3 is 2.47 bits per heavy atom. The number of carboxylic acid groups (broad SMARTS) is 1. The van der Waals surface area contributed by atoms with Crippen LogP contribution in [0.1, 0.15) is 12.5 Å². The van der Waals surface area contributed by atoms with Crippen LogP contribution in [-0.4, -0.2) is 36.1 Å². The molecule has 30 heavy (non-hydrogen) atoms. The number of halogens is 2. The Morgan fingerprint density at radius 1 is 1.20 bits per heavy atom. The standard InChI is InChI=1S/C20H16Br2N2O6/c1-10(20(27)28)30-17-14(29-2)9-11(15(21)16(17)22)8-13-18(25)23-24(19(13)26)12-6-4-3-5-7-12/h3-10H,1-2H3,(H,23,25)(H,27,28)/b13-8-/t10-/m1/s1. The van der Waals surface area contributed by atoms with E-state index in [0.717, 1.165) is 0 Å². The highest BCUT2D eigenvalue weighted by Gasteiger charge is 2.35. The zero-order chi connectivity index (χ0) is 22.0. The molecule has 0 aromatic heterocycles. The highest BCUT2D eigenvalue weighted by atomic mass is 79.9. The van der Waals surface area contributed by atoms with Crippen LogP contribution < -0.4 is 19.9 Å². The Bertz CT molecular complexity index is 1060. The average molecular weight is 540 g/mol. The molecule has 0 unspecified atom stereocenters. The second-order valence-electron chi connectivity index (χ2n) is 6.20. The fraction of sp³-hybridized carbons (Fsp3) is 0.150. The summed E-state index contributed by atoms with van der Waals surface area (Å²) < 4.78 is 11.6. The van der Waals surface area contributed by atoms with E-state index in [1.165, 1.54) is 31.2 Å². The van der Waals surface area contributed by atoms with E-state index in [9.17, 15) is 14.4 Å². The molecule has 1 aliphatic rings. The number of carbonyl (C=O) groups excluding carboxylic acids is 2. The van der Waals surface area contributed by atoms with Gasteiger partial charge in [0.15, 0.2) is 17.6 Å². The van der Waals surface area contributed by atoms with E-state index in [-0.39, 0.29) is 17.1 Å². The van der Waals surface area contributed by atoms with Crippen LogP contribution in [0.5, 0.6) is 11.5 Å². The van der Waals surface area contributed by atoms with Gasteiger partial charge < -0.3 is 14.6 Å². The average Bonchev–Trinajstić information content (AvgIpc) is 3.01. The molecule has 2 aromatic carbocycles. The van der Waals surface area contributed by atoms with Gasteiger partial charge in [0.1, 0.15) is 5.57 Å². The minimum atomic E-state index is -1.14. The Hall–Kier alpha value is -2.85. The highest BCUT2D eigenvalue weighted by Crippen LogP contribution is 2.44. The fourth-order valence-corrected chi connectivity index (χ4v) is 3.60. The van der Waals surface area contributed by atoms with Crippen molar-refractivity contribution in [3.8, 4) is 11.5 Å². The molecule has 156 valence electrons. The van der Waals surface area contributed by atoms with Gasteiger partial charge in [-0.15, -0.1) is 0 Å². The van der Waals surface area contributed by atoms with Gasteiger partial charge in [0.25, 0.3) is 11.8 Å². The van der Waals surface area contributed by atoms with E-state index in [1.54, 1.807) is 30.3 Å². The molecule has 1 saturated heterocycles. The van der Waals surface area contributed by atoms with E-state index in [1.807, 2.05) is 0 Å². The summed E-state index contributed by atoms with van der Waals surface area (Å²) in [7, 11) is 1.40. The van der Waals surface area contributed by atoms with Crippen LogP contribution >= 0.6 is 31.9 Å². The lowest BCUT2D eigenvalue weighted by atomic mass is 10.1. The lowest BCUT2D eigenvalue weighted by Gasteiger charge is -2.17. The normalized spacial score (nSPS) is 15.9. The van der Waals surface area contributed by atoms with Crippen LogP contribution in [0.3, 0.4) is 0 Å². The molecule has 0 spiro atoms. The number of benzene rings is 2. The number of carbonyl (C=O) groups is 3. The molecule has 0 radical (unpaired) electrons. The zero-order valence-electron chi connectivity index (χ0n) is 15.8. The molecule has 0 saturated carbocycles. The number of nitrogens with zero attached hydrogens (tertiary/aromatic N) is 1. The lowest BCUT2D eigenvalue weighted by molar-refractivity contribution is -0.144. The van der Waals surface area contributed by atoms with Gasteiger partial charge in [0.05, 0.1) is 17.3 Å². The quantitative estimate of drug-likeness (QED) is 0.430. The predicted molar refractivity (Wildman–Crippen MR) is 116 cm³/mol. The number of aliphatic carboxylic acids is 1. The first kappa shape index (κ1) is 21.8. The predicted octanol–water partition coefficient (Wildman–Crippen LogP) is 3.53. The number of hydrazine groups is 1. The molecule has 1 fully saturated rings. The molecule has 0 aliphatic carbocycles. The Morgan fingerprint density at radius 2 is 1.87 bits per heavy atom. The number of carboxylic acids is 1. The number of hydrogen-bond donors (Lipinski definition) is 2. The number of anilines is 1. The van der Waals surface area contributed by atoms with Gasteiger partial charge in [0.2, 0.25) is 0 Å². The monoisotopic (exact) mass is 538 g/mol. The molecule has 3 rings (SSSR count).